The normalized spacial score (nSPS) is 18.8. The van der Waals surface area contributed by atoms with E-state index < -0.39 is 0 Å². The SMILES string of the molecule is NC1CCC(Nc2cc(-c3cccc(NCc4cccc(Br)c4)n3)c(Cl)cn2)CC1. The van der Waals surface area contributed by atoms with Crippen LogP contribution in [0.3, 0.4) is 0 Å². The summed E-state index contributed by atoms with van der Waals surface area (Å²) < 4.78 is 1.06. The van der Waals surface area contributed by atoms with E-state index in [1.54, 1.807) is 6.20 Å². The summed E-state index contributed by atoms with van der Waals surface area (Å²) in [5, 5.41) is 7.50. The van der Waals surface area contributed by atoms with Crippen LogP contribution in [-0.4, -0.2) is 22.1 Å². The van der Waals surface area contributed by atoms with Crippen molar-refractivity contribution in [3.05, 3.63) is 69.8 Å². The van der Waals surface area contributed by atoms with E-state index in [0.29, 0.717) is 23.7 Å². The highest BCUT2D eigenvalue weighted by Crippen LogP contribution is 2.30. The van der Waals surface area contributed by atoms with Gasteiger partial charge in [-0.15, -0.1) is 0 Å². The summed E-state index contributed by atoms with van der Waals surface area (Å²) in [6.07, 6.45) is 5.91. The summed E-state index contributed by atoms with van der Waals surface area (Å²) in [6, 6.07) is 16.8. The lowest BCUT2D eigenvalue weighted by molar-refractivity contribution is 0.410. The number of halogens is 2. The fourth-order valence-electron chi connectivity index (χ4n) is 3.71. The summed E-state index contributed by atoms with van der Waals surface area (Å²) >= 11 is 9.97. The molecule has 7 heteroatoms. The second kappa shape index (κ2) is 9.77. The molecule has 1 aliphatic carbocycles. The number of hydrogen-bond acceptors (Lipinski definition) is 5. The Morgan fingerprint density at radius 3 is 2.63 bits per heavy atom. The maximum Gasteiger partial charge on any atom is 0.126 e. The monoisotopic (exact) mass is 485 g/mol. The van der Waals surface area contributed by atoms with Crippen LogP contribution in [-0.2, 0) is 6.54 Å². The lowest BCUT2D eigenvalue weighted by Gasteiger charge is -2.27. The zero-order valence-corrected chi connectivity index (χ0v) is 19.0. The van der Waals surface area contributed by atoms with Crippen molar-refractivity contribution < 1.29 is 0 Å². The molecule has 0 spiro atoms. The number of anilines is 2. The van der Waals surface area contributed by atoms with Gasteiger partial charge in [-0.05, 0) is 61.6 Å². The van der Waals surface area contributed by atoms with Gasteiger partial charge in [-0.1, -0.05) is 45.7 Å². The van der Waals surface area contributed by atoms with Crippen LogP contribution in [0.4, 0.5) is 11.6 Å². The first-order valence-corrected chi connectivity index (χ1v) is 11.4. The van der Waals surface area contributed by atoms with Gasteiger partial charge in [0, 0.05) is 34.9 Å². The molecule has 0 unspecified atom stereocenters. The second-order valence-corrected chi connectivity index (χ2v) is 9.02. The molecular weight excluding hydrogens is 462 g/mol. The highest BCUT2D eigenvalue weighted by atomic mass is 79.9. The molecule has 30 heavy (non-hydrogen) atoms. The van der Waals surface area contributed by atoms with E-state index in [-0.39, 0.29) is 0 Å². The van der Waals surface area contributed by atoms with Crippen LogP contribution >= 0.6 is 27.5 Å². The van der Waals surface area contributed by atoms with E-state index in [2.05, 4.69) is 43.7 Å². The number of benzene rings is 1. The zero-order valence-electron chi connectivity index (χ0n) is 16.6. The minimum atomic E-state index is 0.327. The van der Waals surface area contributed by atoms with Gasteiger partial charge in [0.15, 0.2) is 0 Å². The molecule has 2 aromatic heterocycles. The summed E-state index contributed by atoms with van der Waals surface area (Å²) in [7, 11) is 0. The number of hydrogen-bond donors (Lipinski definition) is 3. The molecule has 0 aliphatic heterocycles. The Morgan fingerprint density at radius 2 is 1.83 bits per heavy atom. The fourth-order valence-corrected chi connectivity index (χ4v) is 4.36. The van der Waals surface area contributed by atoms with Crippen LogP contribution in [0.15, 0.2) is 59.2 Å². The van der Waals surface area contributed by atoms with E-state index in [4.69, 9.17) is 22.3 Å². The van der Waals surface area contributed by atoms with Crippen molar-refractivity contribution in [3.8, 4) is 11.3 Å². The minimum Gasteiger partial charge on any atom is -0.367 e. The molecule has 2 heterocycles. The third kappa shape index (κ3) is 5.50. The molecule has 4 rings (SSSR count). The van der Waals surface area contributed by atoms with Gasteiger partial charge in [0.1, 0.15) is 11.6 Å². The third-order valence-corrected chi connectivity index (χ3v) is 6.16. The third-order valence-electron chi connectivity index (χ3n) is 5.37. The van der Waals surface area contributed by atoms with Crippen LogP contribution in [0.1, 0.15) is 31.2 Å². The predicted octanol–water partition coefficient (Wildman–Crippen LogP) is 5.85. The highest BCUT2D eigenvalue weighted by molar-refractivity contribution is 9.10. The maximum atomic E-state index is 6.46. The standard InChI is InChI=1S/C23H25BrClN5/c24-16-4-1-3-15(11-16)13-27-22-6-2-5-21(30-22)19-12-23(28-14-20(19)25)29-18-9-7-17(26)8-10-18/h1-6,11-12,14,17-18H,7-10,13,26H2,(H,27,30)(H,28,29). The van der Waals surface area contributed by atoms with Crippen molar-refractivity contribution in [2.75, 3.05) is 10.6 Å². The zero-order chi connectivity index (χ0) is 20.9. The molecular formula is C23H25BrClN5. The molecule has 156 valence electrons. The number of nitrogens with two attached hydrogens (primary N) is 1. The van der Waals surface area contributed by atoms with E-state index >= 15 is 0 Å². The van der Waals surface area contributed by atoms with Gasteiger partial charge >= 0.3 is 0 Å². The molecule has 0 amide bonds. The predicted molar refractivity (Wildman–Crippen MR) is 128 cm³/mol. The first kappa shape index (κ1) is 21.1. The Bertz CT molecular complexity index is 1000. The quantitative estimate of drug-likeness (QED) is 0.407. The topological polar surface area (TPSA) is 75.9 Å². The smallest absolute Gasteiger partial charge is 0.126 e. The average molecular weight is 487 g/mol. The maximum absolute atomic E-state index is 6.46. The molecule has 1 saturated carbocycles. The van der Waals surface area contributed by atoms with Crippen LogP contribution in [0.25, 0.3) is 11.3 Å². The molecule has 5 nitrogen and oxygen atoms in total. The number of pyridine rings is 2. The van der Waals surface area contributed by atoms with Gasteiger partial charge in [0.25, 0.3) is 0 Å². The molecule has 0 bridgehead atoms. The van der Waals surface area contributed by atoms with Crippen molar-refractivity contribution in [1.82, 2.24) is 9.97 Å². The second-order valence-electron chi connectivity index (χ2n) is 7.70. The van der Waals surface area contributed by atoms with E-state index in [1.807, 2.05) is 36.4 Å². The number of nitrogens with zero attached hydrogens (tertiary/aromatic N) is 2. The largest absolute Gasteiger partial charge is 0.367 e. The average Bonchev–Trinajstić information content (AvgIpc) is 2.75. The Balaban J connectivity index is 1.48. The number of rotatable bonds is 6. The van der Waals surface area contributed by atoms with Gasteiger partial charge in [-0.3, -0.25) is 0 Å². The minimum absolute atomic E-state index is 0.327. The van der Waals surface area contributed by atoms with Crippen molar-refractivity contribution in [2.45, 2.75) is 44.3 Å². The Hall–Kier alpha value is -2.15. The molecule has 0 saturated heterocycles. The lowest BCUT2D eigenvalue weighted by atomic mass is 9.92. The summed E-state index contributed by atoms with van der Waals surface area (Å²) in [4.78, 5) is 9.22. The highest BCUT2D eigenvalue weighted by Gasteiger charge is 2.19. The van der Waals surface area contributed by atoms with Gasteiger partial charge in [-0.2, -0.15) is 0 Å². The molecule has 3 aromatic rings. The van der Waals surface area contributed by atoms with Crippen molar-refractivity contribution in [1.29, 1.82) is 0 Å². The Kier molecular flexibility index (Phi) is 6.87. The number of aromatic nitrogens is 2. The molecule has 4 N–H and O–H groups in total. The van der Waals surface area contributed by atoms with Crippen molar-refractivity contribution in [2.24, 2.45) is 5.73 Å². The van der Waals surface area contributed by atoms with Crippen LogP contribution in [0, 0.1) is 0 Å². The van der Waals surface area contributed by atoms with Gasteiger partial charge < -0.3 is 16.4 Å². The molecule has 0 radical (unpaired) electrons. The molecule has 0 atom stereocenters. The Morgan fingerprint density at radius 1 is 1.03 bits per heavy atom. The summed E-state index contributed by atoms with van der Waals surface area (Å²) in [6.45, 7) is 0.691. The van der Waals surface area contributed by atoms with Crippen molar-refractivity contribution in [3.63, 3.8) is 0 Å². The van der Waals surface area contributed by atoms with E-state index in [9.17, 15) is 0 Å². The molecule has 1 fully saturated rings. The molecule has 1 aliphatic rings. The first-order valence-electron chi connectivity index (χ1n) is 10.2. The van der Waals surface area contributed by atoms with E-state index in [1.165, 1.54) is 5.56 Å². The lowest BCUT2D eigenvalue weighted by Crippen LogP contribution is -2.33. The number of nitrogens with one attached hydrogen (secondary N) is 2. The van der Waals surface area contributed by atoms with Gasteiger partial charge in [0.2, 0.25) is 0 Å². The van der Waals surface area contributed by atoms with Crippen LogP contribution in [0.5, 0.6) is 0 Å². The fraction of sp³-hybridized carbons (Fsp3) is 0.304. The van der Waals surface area contributed by atoms with Crippen molar-refractivity contribution >= 4 is 39.2 Å². The summed E-state index contributed by atoms with van der Waals surface area (Å²) in [5.74, 6) is 1.63. The van der Waals surface area contributed by atoms with E-state index in [0.717, 1.165) is 53.0 Å². The summed E-state index contributed by atoms with van der Waals surface area (Å²) in [5.41, 5.74) is 8.88. The van der Waals surface area contributed by atoms with Crippen LogP contribution in [0.2, 0.25) is 5.02 Å². The van der Waals surface area contributed by atoms with Crippen LogP contribution < -0.4 is 16.4 Å². The first-order chi connectivity index (χ1) is 14.6. The molecule has 1 aromatic carbocycles. The Labute approximate surface area is 190 Å². The van der Waals surface area contributed by atoms with Gasteiger partial charge in [0.05, 0.1) is 10.7 Å². The van der Waals surface area contributed by atoms with Gasteiger partial charge in [-0.25, -0.2) is 9.97 Å².